The molecule has 0 N–H and O–H groups in total. The highest BCUT2D eigenvalue weighted by molar-refractivity contribution is 5.79. The van der Waals surface area contributed by atoms with Crippen LogP contribution in [0.5, 0.6) is 5.75 Å². The highest BCUT2D eigenvalue weighted by atomic mass is 19.1. The van der Waals surface area contributed by atoms with Gasteiger partial charge in [0, 0.05) is 44.1 Å². The fourth-order valence-corrected chi connectivity index (χ4v) is 4.27. The molecule has 0 aromatic heterocycles. The molecule has 2 fully saturated rings. The van der Waals surface area contributed by atoms with E-state index >= 15 is 0 Å². The van der Waals surface area contributed by atoms with Gasteiger partial charge in [0.2, 0.25) is 5.91 Å². The third kappa shape index (κ3) is 5.24. The Balaban J connectivity index is 1.57. The van der Waals surface area contributed by atoms with E-state index in [1.807, 2.05) is 9.80 Å². The normalized spacial score (nSPS) is 22.8. The molecular weight excluding hydrogens is 359 g/mol. The zero-order chi connectivity index (χ0) is 20.1. The van der Waals surface area contributed by atoms with Crippen LogP contribution in [0.3, 0.4) is 0 Å². The van der Waals surface area contributed by atoms with Crippen LogP contribution in [0.2, 0.25) is 0 Å². The summed E-state index contributed by atoms with van der Waals surface area (Å²) in [5.41, 5.74) is -0.00233. The number of amides is 2. The van der Waals surface area contributed by atoms with E-state index in [1.165, 1.54) is 12.1 Å². The van der Waals surface area contributed by atoms with Crippen molar-refractivity contribution in [3.63, 3.8) is 0 Å². The van der Waals surface area contributed by atoms with Gasteiger partial charge in [-0.15, -0.1) is 0 Å². The van der Waals surface area contributed by atoms with Crippen molar-refractivity contribution in [3.8, 4) is 5.75 Å². The lowest BCUT2D eigenvalue weighted by Gasteiger charge is -2.48. The number of likely N-dealkylation sites (tertiary alicyclic amines) is 2. The first-order valence-corrected chi connectivity index (χ1v) is 10.3. The van der Waals surface area contributed by atoms with Crippen LogP contribution >= 0.6 is 0 Å². The number of ether oxygens (including phenoxy) is 1. The zero-order valence-electron chi connectivity index (χ0n) is 17.0. The molecule has 2 heterocycles. The predicted molar refractivity (Wildman–Crippen MR) is 105 cm³/mol. The van der Waals surface area contributed by atoms with Crippen molar-refractivity contribution >= 4 is 11.8 Å². The SMILES string of the molecule is CC(C)CCN1C[C@]2(CCCN(C(=O)COc3cccc(F)c3)C2)CCC1=O. The van der Waals surface area contributed by atoms with Crippen LogP contribution in [-0.2, 0) is 9.59 Å². The second kappa shape index (κ2) is 8.93. The average molecular weight is 390 g/mol. The quantitative estimate of drug-likeness (QED) is 0.747. The van der Waals surface area contributed by atoms with E-state index in [-0.39, 0.29) is 29.7 Å². The van der Waals surface area contributed by atoms with Crippen LogP contribution < -0.4 is 4.74 Å². The first-order valence-electron chi connectivity index (χ1n) is 10.3. The summed E-state index contributed by atoms with van der Waals surface area (Å²) in [6, 6.07) is 5.84. The minimum atomic E-state index is -0.379. The Kier molecular flexibility index (Phi) is 6.57. The molecule has 3 rings (SSSR count). The summed E-state index contributed by atoms with van der Waals surface area (Å²) in [6.45, 7) is 7.18. The Bertz CT molecular complexity index is 709. The van der Waals surface area contributed by atoms with Crippen LogP contribution in [0.25, 0.3) is 0 Å². The highest BCUT2D eigenvalue weighted by Gasteiger charge is 2.42. The lowest BCUT2D eigenvalue weighted by molar-refractivity contribution is -0.144. The van der Waals surface area contributed by atoms with Crippen molar-refractivity contribution in [1.82, 2.24) is 9.80 Å². The topological polar surface area (TPSA) is 49.9 Å². The molecule has 0 unspecified atom stereocenters. The van der Waals surface area contributed by atoms with Gasteiger partial charge in [0.15, 0.2) is 6.61 Å². The molecule has 2 saturated heterocycles. The van der Waals surface area contributed by atoms with E-state index in [0.717, 1.165) is 38.8 Å². The van der Waals surface area contributed by atoms with Crippen molar-refractivity contribution in [2.24, 2.45) is 11.3 Å². The molecule has 5 nitrogen and oxygen atoms in total. The van der Waals surface area contributed by atoms with Gasteiger partial charge in [0.05, 0.1) is 0 Å². The van der Waals surface area contributed by atoms with Gasteiger partial charge in [-0.3, -0.25) is 9.59 Å². The summed E-state index contributed by atoms with van der Waals surface area (Å²) < 4.78 is 18.7. The van der Waals surface area contributed by atoms with Gasteiger partial charge in [-0.25, -0.2) is 4.39 Å². The molecule has 154 valence electrons. The predicted octanol–water partition coefficient (Wildman–Crippen LogP) is 3.48. The van der Waals surface area contributed by atoms with Crippen LogP contribution in [-0.4, -0.2) is 54.4 Å². The smallest absolute Gasteiger partial charge is 0.260 e. The minimum Gasteiger partial charge on any atom is -0.484 e. The van der Waals surface area contributed by atoms with Crippen molar-refractivity contribution < 1.29 is 18.7 Å². The second-order valence-corrected chi connectivity index (χ2v) is 8.66. The summed E-state index contributed by atoms with van der Waals surface area (Å²) >= 11 is 0. The number of piperidine rings is 2. The molecule has 2 amide bonds. The maximum Gasteiger partial charge on any atom is 0.260 e. The van der Waals surface area contributed by atoms with Gasteiger partial charge in [0.25, 0.3) is 5.91 Å². The highest BCUT2D eigenvalue weighted by Crippen LogP contribution is 2.39. The van der Waals surface area contributed by atoms with E-state index in [1.54, 1.807) is 12.1 Å². The summed E-state index contributed by atoms with van der Waals surface area (Å²) in [6.07, 6.45) is 4.41. The fraction of sp³-hybridized carbons (Fsp3) is 0.636. The Morgan fingerprint density at radius 1 is 1.29 bits per heavy atom. The number of hydrogen-bond acceptors (Lipinski definition) is 3. The number of carbonyl (C=O) groups is 2. The maximum atomic E-state index is 13.3. The van der Waals surface area contributed by atoms with Gasteiger partial charge in [-0.1, -0.05) is 19.9 Å². The molecule has 1 atom stereocenters. The molecule has 0 radical (unpaired) electrons. The molecule has 0 saturated carbocycles. The van der Waals surface area contributed by atoms with E-state index in [0.29, 0.717) is 31.2 Å². The number of rotatable bonds is 6. The molecule has 2 aliphatic heterocycles. The Morgan fingerprint density at radius 2 is 2.11 bits per heavy atom. The van der Waals surface area contributed by atoms with Gasteiger partial charge in [-0.05, 0) is 43.7 Å². The van der Waals surface area contributed by atoms with Crippen molar-refractivity contribution in [3.05, 3.63) is 30.1 Å². The van der Waals surface area contributed by atoms with E-state index in [4.69, 9.17) is 4.74 Å². The molecule has 1 aromatic rings. The van der Waals surface area contributed by atoms with Crippen molar-refractivity contribution in [2.45, 2.75) is 46.0 Å². The first kappa shape index (κ1) is 20.6. The monoisotopic (exact) mass is 390 g/mol. The molecule has 28 heavy (non-hydrogen) atoms. The van der Waals surface area contributed by atoms with Crippen LogP contribution in [0, 0.1) is 17.2 Å². The molecule has 0 bridgehead atoms. The average Bonchev–Trinajstić information content (AvgIpc) is 2.67. The van der Waals surface area contributed by atoms with Crippen molar-refractivity contribution in [2.75, 3.05) is 32.8 Å². The number of nitrogens with zero attached hydrogens (tertiary/aromatic N) is 2. The zero-order valence-corrected chi connectivity index (χ0v) is 17.0. The molecule has 6 heteroatoms. The van der Waals surface area contributed by atoms with Crippen LogP contribution in [0.15, 0.2) is 24.3 Å². The molecule has 1 spiro atoms. The Labute approximate surface area is 166 Å². The van der Waals surface area contributed by atoms with Gasteiger partial charge >= 0.3 is 0 Å². The van der Waals surface area contributed by atoms with E-state index < -0.39 is 0 Å². The maximum absolute atomic E-state index is 13.3. The Morgan fingerprint density at radius 3 is 2.86 bits per heavy atom. The third-order valence-corrected chi connectivity index (χ3v) is 5.90. The Hall–Kier alpha value is -2.11. The van der Waals surface area contributed by atoms with E-state index in [2.05, 4.69) is 13.8 Å². The fourth-order valence-electron chi connectivity index (χ4n) is 4.27. The molecular formula is C22H31FN2O3. The largest absolute Gasteiger partial charge is 0.484 e. The van der Waals surface area contributed by atoms with Crippen LogP contribution in [0.4, 0.5) is 4.39 Å². The number of carbonyl (C=O) groups excluding carboxylic acids is 2. The number of benzene rings is 1. The lowest BCUT2D eigenvalue weighted by Crippen LogP contribution is -2.55. The third-order valence-electron chi connectivity index (χ3n) is 5.90. The summed E-state index contributed by atoms with van der Waals surface area (Å²) in [7, 11) is 0. The minimum absolute atomic E-state index is 0.00233. The first-order chi connectivity index (χ1) is 13.4. The second-order valence-electron chi connectivity index (χ2n) is 8.66. The number of hydrogen-bond donors (Lipinski definition) is 0. The summed E-state index contributed by atoms with van der Waals surface area (Å²) in [5.74, 6) is 0.714. The number of halogens is 1. The standard InChI is InChI=1S/C22H31FN2O3/c1-17(2)8-12-25-16-22(10-7-20(25)26)9-4-11-24(15-22)21(27)14-28-19-6-3-5-18(23)13-19/h3,5-6,13,17H,4,7-12,14-16H2,1-2H3/t22-/m1/s1. The van der Waals surface area contributed by atoms with Crippen molar-refractivity contribution in [1.29, 1.82) is 0 Å². The molecule has 2 aliphatic rings. The van der Waals surface area contributed by atoms with E-state index in [9.17, 15) is 14.0 Å². The van der Waals surface area contributed by atoms with Gasteiger partial charge in [-0.2, -0.15) is 0 Å². The van der Waals surface area contributed by atoms with Gasteiger partial charge in [0.1, 0.15) is 11.6 Å². The van der Waals surface area contributed by atoms with Gasteiger partial charge < -0.3 is 14.5 Å². The lowest BCUT2D eigenvalue weighted by atomic mass is 9.73. The van der Waals surface area contributed by atoms with Crippen LogP contribution in [0.1, 0.15) is 46.0 Å². The molecule has 1 aromatic carbocycles. The summed E-state index contributed by atoms with van der Waals surface area (Å²) in [4.78, 5) is 28.9. The molecule has 0 aliphatic carbocycles. The summed E-state index contributed by atoms with van der Waals surface area (Å²) in [5, 5.41) is 0.